The molecule has 1 unspecified atom stereocenters. The summed E-state index contributed by atoms with van der Waals surface area (Å²) in [6.45, 7) is 7.56. The number of hydrogen-bond donors (Lipinski definition) is 1. The van der Waals surface area contributed by atoms with E-state index in [1.54, 1.807) is 6.92 Å². The number of ether oxygens (including phenoxy) is 1. The zero-order valence-electron chi connectivity index (χ0n) is 18.9. The van der Waals surface area contributed by atoms with Crippen molar-refractivity contribution in [2.45, 2.75) is 53.2 Å². The Labute approximate surface area is 186 Å². The summed E-state index contributed by atoms with van der Waals surface area (Å²) >= 11 is 0. The molecule has 2 heterocycles. The quantitative estimate of drug-likeness (QED) is 0.495. The molecule has 2 amide bonds. The molecule has 0 spiro atoms. The minimum atomic E-state index is -0.500. The van der Waals surface area contributed by atoms with Gasteiger partial charge in [0.2, 0.25) is 11.8 Å². The molecule has 1 N–H and O–H groups in total. The Balaban J connectivity index is 1.75. The molecule has 0 saturated carbocycles. The highest BCUT2D eigenvalue weighted by atomic mass is 16.6. The van der Waals surface area contributed by atoms with Crippen molar-refractivity contribution < 1.29 is 19.2 Å². The second kappa shape index (κ2) is 9.90. The Bertz CT molecular complexity index is 1030. The Hall–Kier alpha value is -3.27. The first-order chi connectivity index (χ1) is 15.2. The van der Waals surface area contributed by atoms with Crippen LogP contribution in [-0.4, -0.2) is 57.2 Å². The summed E-state index contributed by atoms with van der Waals surface area (Å²) in [5.74, 6) is -0.665. The molecule has 0 bridgehead atoms. The van der Waals surface area contributed by atoms with E-state index in [0.29, 0.717) is 18.0 Å². The molecule has 1 atom stereocenters. The number of anilines is 1. The number of hydrogen-bond acceptors (Lipinski definition) is 6. The van der Waals surface area contributed by atoms with Gasteiger partial charge in [0, 0.05) is 18.8 Å². The molecule has 10 nitrogen and oxygen atoms in total. The lowest BCUT2D eigenvalue weighted by Gasteiger charge is -2.25. The number of benzene rings is 1. The normalized spacial score (nSPS) is 15.6. The molecule has 1 saturated heterocycles. The van der Waals surface area contributed by atoms with Crippen LogP contribution >= 0.6 is 0 Å². The van der Waals surface area contributed by atoms with E-state index in [-0.39, 0.29) is 48.9 Å². The van der Waals surface area contributed by atoms with Crippen LogP contribution in [0.5, 0.6) is 0 Å². The van der Waals surface area contributed by atoms with E-state index in [2.05, 4.69) is 10.4 Å². The van der Waals surface area contributed by atoms with E-state index < -0.39 is 4.92 Å². The Kier molecular flexibility index (Phi) is 7.24. The lowest BCUT2D eigenvalue weighted by Crippen LogP contribution is -2.44. The van der Waals surface area contributed by atoms with E-state index >= 15 is 0 Å². The van der Waals surface area contributed by atoms with Gasteiger partial charge in [0.15, 0.2) is 0 Å². The average molecular weight is 444 g/mol. The van der Waals surface area contributed by atoms with Gasteiger partial charge in [0.1, 0.15) is 24.5 Å². The molecule has 1 fully saturated rings. The van der Waals surface area contributed by atoms with Gasteiger partial charge in [-0.05, 0) is 57.7 Å². The van der Waals surface area contributed by atoms with Crippen molar-refractivity contribution in [3.8, 4) is 0 Å². The summed E-state index contributed by atoms with van der Waals surface area (Å²) in [6.07, 6.45) is 1.58. The molecule has 0 aliphatic carbocycles. The van der Waals surface area contributed by atoms with Crippen LogP contribution in [0.4, 0.5) is 11.4 Å². The predicted molar refractivity (Wildman–Crippen MR) is 118 cm³/mol. The number of aromatic nitrogens is 2. The number of amides is 2. The van der Waals surface area contributed by atoms with Crippen LogP contribution in [0.1, 0.15) is 35.4 Å². The fraction of sp³-hybridized carbons (Fsp3) is 0.500. The van der Waals surface area contributed by atoms with Gasteiger partial charge in [-0.3, -0.25) is 24.4 Å². The molecule has 1 aliphatic rings. The van der Waals surface area contributed by atoms with Crippen LogP contribution in [0.25, 0.3) is 0 Å². The third-order valence-electron chi connectivity index (χ3n) is 5.82. The lowest BCUT2D eigenvalue weighted by atomic mass is 10.1. The minimum absolute atomic E-state index is 0.101. The molecule has 1 aromatic carbocycles. The number of carbonyl (C=O) groups is 2. The van der Waals surface area contributed by atoms with Crippen LogP contribution in [-0.2, 0) is 20.9 Å². The van der Waals surface area contributed by atoms with E-state index in [0.717, 1.165) is 24.0 Å². The first-order valence-corrected chi connectivity index (χ1v) is 10.6. The highest BCUT2D eigenvalue weighted by Gasteiger charge is 2.27. The van der Waals surface area contributed by atoms with Crippen molar-refractivity contribution in [1.29, 1.82) is 0 Å². The SMILES string of the molecule is Cc1cccc(NC(=O)CN(CC2CCCO2)C(=O)Cn2nc(C)c([N+](=O)[O-])c2C)c1C. The third kappa shape index (κ3) is 5.31. The van der Waals surface area contributed by atoms with E-state index in [9.17, 15) is 19.7 Å². The first-order valence-electron chi connectivity index (χ1n) is 10.6. The molecule has 32 heavy (non-hydrogen) atoms. The zero-order chi connectivity index (χ0) is 23.4. The fourth-order valence-electron chi connectivity index (χ4n) is 3.87. The van der Waals surface area contributed by atoms with Crippen molar-refractivity contribution in [1.82, 2.24) is 14.7 Å². The zero-order valence-corrected chi connectivity index (χ0v) is 18.9. The van der Waals surface area contributed by atoms with Crippen LogP contribution in [0.15, 0.2) is 18.2 Å². The summed E-state index contributed by atoms with van der Waals surface area (Å²) in [5, 5.41) is 18.3. The van der Waals surface area contributed by atoms with E-state index in [4.69, 9.17) is 4.74 Å². The maximum Gasteiger partial charge on any atom is 0.312 e. The highest BCUT2D eigenvalue weighted by molar-refractivity contribution is 5.95. The number of aryl methyl sites for hydroxylation is 2. The molecular weight excluding hydrogens is 414 g/mol. The van der Waals surface area contributed by atoms with Crippen LogP contribution < -0.4 is 5.32 Å². The number of rotatable bonds is 8. The monoisotopic (exact) mass is 443 g/mol. The molecule has 2 aromatic rings. The largest absolute Gasteiger partial charge is 0.376 e. The Morgan fingerprint density at radius 2 is 2.06 bits per heavy atom. The lowest BCUT2D eigenvalue weighted by molar-refractivity contribution is -0.386. The summed E-state index contributed by atoms with van der Waals surface area (Å²) in [4.78, 5) is 38.1. The molecule has 3 rings (SSSR count). The minimum Gasteiger partial charge on any atom is -0.376 e. The number of nitrogens with one attached hydrogen (secondary N) is 1. The van der Waals surface area contributed by atoms with E-state index in [1.165, 1.54) is 16.5 Å². The second-order valence-corrected chi connectivity index (χ2v) is 8.14. The fourth-order valence-corrected chi connectivity index (χ4v) is 3.87. The molecule has 172 valence electrons. The van der Waals surface area contributed by atoms with Gasteiger partial charge in [-0.2, -0.15) is 5.10 Å². The van der Waals surface area contributed by atoms with E-state index in [1.807, 2.05) is 32.0 Å². The Morgan fingerprint density at radius 3 is 2.69 bits per heavy atom. The maximum absolute atomic E-state index is 13.1. The number of nitro groups is 1. The number of nitrogens with zero attached hydrogens (tertiary/aromatic N) is 4. The Morgan fingerprint density at radius 1 is 1.31 bits per heavy atom. The van der Waals surface area contributed by atoms with Crippen molar-refractivity contribution in [3.63, 3.8) is 0 Å². The van der Waals surface area contributed by atoms with Gasteiger partial charge >= 0.3 is 5.69 Å². The van der Waals surface area contributed by atoms with Gasteiger partial charge in [0.25, 0.3) is 0 Å². The summed E-state index contributed by atoms with van der Waals surface area (Å²) < 4.78 is 6.98. The second-order valence-electron chi connectivity index (χ2n) is 8.14. The molecule has 10 heteroatoms. The average Bonchev–Trinajstić information content (AvgIpc) is 3.32. The van der Waals surface area contributed by atoms with Gasteiger partial charge in [-0.15, -0.1) is 0 Å². The summed E-state index contributed by atoms with van der Waals surface area (Å²) in [7, 11) is 0. The topological polar surface area (TPSA) is 120 Å². The predicted octanol–water partition coefficient (Wildman–Crippen LogP) is 2.67. The van der Waals surface area contributed by atoms with Crippen molar-refractivity contribution in [2.24, 2.45) is 0 Å². The smallest absolute Gasteiger partial charge is 0.312 e. The maximum atomic E-state index is 13.1. The highest BCUT2D eigenvalue weighted by Crippen LogP contribution is 2.22. The van der Waals surface area contributed by atoms with Crippen LogP contribution in [0, 0.1) is 37.8 Å². The molecule has 1 aliphatic heterocycles. The van der Waals surface area contributed by atoms with Crippen molar-refractivity contribution >= 4 is 23.2 Å². The third-order valence-corrected chi connectivity index (χ3v) is 5.82. The van der Waals surface area contributed by atoms with Crippen molar-refractivity contribution in [3.05, 3.63) is 50.8 Å². The summed E-state index contributed by atoms with van der Waals surface area (Å²) in [5.41, 5.74) is 3.18. The number of carbonyl (C=O) groups excluding carboxylic acids is 2. The van der Waals surface area contributed by atoms with Crippen molar-refractivity contribution in [2.75, 3.05) is 25.0 Å². The first kappa shape index (κ1) is 23.4. The standard InChI is InChI=1S/C22H29N5O5/c1-14-7-5-9-19(15(14)2)23-20(28)12-25(11-18-8-6-10-32-18)21(29)13-26-17(4)22(27(30)31)16(3)24-26/h5,7,9,18H,6,8,10-13H2,1-4H3,(H,23,28). The summed E-state index contributed by atoms with van der Waals surface area (Å²) in [6, 6.07) is 5.65. The molecule has 1 aromatic heterocycles. The van der Waals surface area contributed by atoms with Gasteiger partial charge in [-0.1, -0.05) is 12.1 Å². The van der Waals surface area contributed by atoms with Crippen LogP contribution in [0.2, 0.25) is 0 Å². The van der Waals surface area contributed by atoms with Crippen LogP contribution in [0.3, 0.4) is 0 Å². The van der Waals surface area contributed by atoms with Gasteiger partial charge in [0.05, 0.1) is 11.0 Å². The molecule has 0 radical (unpaired) electrons. The van der Waals surface area contributed by atoms with Gasteiger partial charge < -0.3 is 15.0 Å². The molecular formula is C22H29N5O5. The van der Waals surface area contributed by atoms with Gasteiger partial charge in [-0.25, -0.2) is 0 Å².